The Bertz CT molecular complexity index is 772. The van der Waals surface area contributed by atoms with Crippen LogP contribution in [0.5, 0.6) is 0 Å². The highest BCUT2D eigenvalue weighted by Gasteiger charge is 2.06. The van der Waals surface area contributed by atoms with Gasteiger partial charge in [0.2, 0.25) is 0 Å². The van der Waals surface area contributed by atoms with E-state index in [2.05, 4.69) is 4.98 Å². The van der Waals surface area contributed by atoms with Crippen LogP contribution in [0.2, 0.25) is 0 Å². The van der Waals surface area contributed by atoms with Gasteiger partial charge in [0.05, 0.1) is 10.6 Å². The summed E-state index contributed by atoms with van der Waals surface area (Å²) in [7, 11) is 3.94. The van der Waals surface area contributed by atoms with Crippen molar-refractivity contribution in [2.75, 3.05) is 19.0 Å². The molecule has 0 saturated carbocycles. The summed E-state index contributed by atoms with van der Waals surface area (Å²) < 4.78 is 0. The zero-order chi connectivity index (χ0) is 13.4. The van der Waals surface area contributed by atoms with E-state index in [-0.39, 0.29) is 5.56 Å². The molecule has 2 heterocycles. The Labute approximate surface area is 115 Å². The molecule has 1 aromatic carbocycles. The first-order valence-corrected chi connectivity index (χ1v) is 6.91. The molecule has 0 unspecified atom stereocenters. The third kappa shape index (κ3) is 2.15. The number of aromatic nitrogens is 1. The van der Waals surface area contributed by atoms with Gasteiger partial charge in [0.25, 0.3) is 5.56 Å². The van der Waals surface area contributed by atoms with Gasteiger partial charge in [0.15, 0.2) is 0 Å². The maximum Gasteiger partial charge on any atom is 0.256 e. The molecule has 4 heteroatoms. The van der Waals surface area contributed by atoms with Crippen LogP contribution in [0.4, 0.5) is 5.69 Å². The molecule has 0 amide bonds. The summed E-state index contributed by atoms with van der Waals surface area (Å²) in [5.74, 6) is 0. The molecule has 3 aromatic rings. The second-order valence-corrected chi connectivity index (χ2v) is 5.60. The largest absolute Gasteiger partial charge is 0.378 e. The minimum atomic E-state index is -0.0374. The fraction of sp³-hybridized carbons (Fsp3) is 0.133. The van der Waals surface area contributed by atoms with Crippen LogP contribution in [0, 0.1) is 0 Å². The molecule has 3 rings (SSSR count). The van der Waals surface area contributed by atoms with Crippen molar-refractivity contribution in [1.82, 2.24) is 4.98 Å². The molecule has 0 spiro atoms. The molecule has 0 saturated heterocycles. The van der Waals surface area contributed by atoms with Crippen LogP contribution in [0.15, 0.2) is 46.6 Å². The lowest BCUT2D eigenvalue weighted by Crippen LogP contribution is -2.11. The Morgan fingerprint density at radius 1 is 1.16 bits per heavy atom. The third-order valence-corrected chi connectivity index (χ3v) is 4.04. The maximum absolute atomic E-state index is 12.2. The van der Waals surface area contributed by atoms with E-state index in [1.807, 2.05) is 60.8 Å². The van der Waals surface area contributed by atoms with E-state index in [0.29, 0.717) is 0 Å². The number of H-pyrrole nitrogens is 1. The SMILES string of the molecule is CN(C)c1ccc2cc(-c3cccs3)[nH]c(=O)c2c1. The lowest BCUT2D eigenvalue weighted by atomic mass is 10.1. The zero-order valence-electron chi connectivity index (χ0n) is 10.8. The van der Waals surface area contributed by atoms with Crippen molar-refractivity contribution in [2.45, 2.75) is 0 Å². The van der Waals surface area contributed by atoms with Gasteiger partial charge in [-0.1, -0.05) is 12.1 Å². The van der Waals surface area contributed by atoms with Crippen molar-refractivity contribution < 1.29 is 0 Å². The van der Waals surface area contributed by atoms with Crippen LogP contribution < -0.4 is 10.5 Å². The molecule has 0 aliphatic carbocycles. The number of nitrogens with zero attached hydrogens (tertiary/aromatic N) is 1. The number of nitrogens with one attached hydrogen (secondary N) is 1. The number of pyridine rings is 1. The number of thiophene rings is 1. The Kier molecular flexibility index (Phi) is 2.87. The van der Waals surface area contributed by atoms with E-state index in [1.54, 1.807) is 11.3 Å². The minimum absolute atomic E-state index is 0.0374. The second-order valence-electron chi connectivity index (χ2n) is 4.66. The van der Waals surface area contributed by atoms with Gasteiger partial charge in [-0.3, -0.25) is 4.79 Å². The lowest BCUT2D eigenvalue weighted by molar-refractivity contribution is 1.13. The maximum atomic E-state index is 12.2. The molecule has 2 aromatic heterocycles. The van der Waals surface area contributed by atoms with E-state index in [1.165, 1.54) is 0 Å². The van der Waals surface area contributed by atoms with Crippen molar-refractivity contribution >= 4 is 27.8 Å². The molecule has 0 bridgehead atoms. The Morgan fingerprint density at radius 3 is 2.68 bits per heavy atom. The van der Waals surface area contributed by atoms with Crippen LogP contribution in [0.3, 0.4) is 0 Å². The molecule has 0 atom stereocenters. The van der Waals surface area contributed by atoms with Gasteiger partial charge in [-0.2, -0.15) is 0 Å². The average molecular weight is 270 g/mol. The number of aromatic amines is 1. The standard InChI is InChI=1S/C15H14N2OS/c1-17(2)11-6-5-10-8-13(14-4-3-7-19-14)16-15(18)12(10)9-11/h3-9H,1-2H3,(H,16,18). The van der Waals surface area contributed by atoms with E-state index in [4.69, 9.17) is 0 Å². The van der Waals surface area contributed by atoms with Crippen LogP contribution in [0.1, 0.15) is 0 Å². The third-order valence-electron chi connectivity index (χ3n) is 3.13. The first-order valence-electron chi connectivity index (χ1n) is 6.03. The number of benzene rings is 1. The molecule has 0 aliphatic rings. The van der Waals surface area contributed by atoms with Crippen molar-refractivity contribution in [3.63, 3.8) is 0 Å². The molecule has 0 aliphatic heterocycles. The smallest absolute Gasteiger partial charge is 0.256 e. The molecular weight excluding hydrogens is 256 g/mol. The van der Waals surface area contributed by atoms with Gasteiger partial charge in [-0.25, -0.2) is 0 Å². The molecule has 96 valence electrons. The van der Waals surface area contributed by atoms with Gasteiger partial charge in [0.1, 0.15) is 0 Å². The summed E-state index contributed by atoms with van der Waals surface area (Å²) >= 11 is 1.62. The number of hydrogen-bond donors (Lipinski definition) is 1. The van der Waals surface area contributed by atoms with Crippen molar-refractivity contribution in [3.05, 3.63) is 52.1 Å². The van der Waals surface area contributed by atoms with Gasteiger partial charge >= 0.3 is 0 Å². The van der Waals surface area contributed by atoms with E-state index in [9.17, 15) is 4.79 Å². The van der Waals surface area contributed by atoms with Crippen molar-refractivity contribution in [1.29, 1.82) is 0 Å². The number of anilines is 1. The fourth-order valence-electron chi connectivity index (χ4n) is 2.09. The number of fused-ring (bicyclic) bond motifs is 1. The number of rotatable bonds is 2. The molecule has 3 nitrogen and oxygen atoms in total. The van der Waals surface area contributed by atoms with Crippen LogP contribution in [0.25, 0.3) is 21.3 Å². The fourth-order valence-corrected chi connectivity index (χ4v) is 2.79. The number of hydrogen-bond acceptors (Lipinski definition) is 3. The topological polar surface area (TPSA) is 36.1 Å². The van der Waals surface area contributed by atoms with Crippen molar-refractivity contribution in [2.24, 2.45) is 0 Å². The molecule has 19 heavy (non-hydrogen) atoms. The summed E-state index contributed by atoms with van der Waals surface area (Å²) in [6, 6.07) is 12.0. The quantitative estimate of drug-likeness (QED) is 0.775. The van der Waals surface area contributed by atoms with E-state index >= 15 is 0 Å². The van der Waals surface area contributed by atoms with Gasteiger partial charge in [-0.05, 0) is 35.0 Å². The van der Waals surface area contributed by atoms with Gasteiger partial charge in [0, 0.05) is 25.2 Å². The summed E-state index contributed by atoms with van der Waals surface area (Å²) in [5, 5.41) is 3.71. The summed E-state index contributed by atoms with van der Waals surface area (Å²) in [4.78, 5) is 18.2. The van der Waals surface area contributed by atoms with Crippen LogP contribution in [-0.4, -0.2) is 19.1 Å². The predicted octanol–water partition coefficient (Wildman–Crippen LogP) is 3.32. The minimum Gasteiger partial charge on any atom is -0.378 e. The normalized spacial score (nSPS) is 10.8. The van der Waals surface area contributed by atoms with Gasteiger partial charge in [-0.15, -0.1) is 11.3 Å². The highest BCUT2D eigenvalue weighted by atomic mass is 32.1. The lowest BCUT2D eigenvalue weighted by Gasteiger charge is -2.13. The monoisotopic (exact) mass is 270 g/mol. The molecule has 1 N–H and O–H groups in total. The second kappa shape index (κ2) is 4.55. The summed E-state index contributed by atoms with van der Waals surface area (Å²) in [5.41, 5.74) is 1.87. The van der Waals surface area contributed by atoms with E-state index in [0.717, 1.165) is 27.0 Å². The van der Waals surface area contributed by atoms with Crippen LogP contribution >= 0.6 is 11.3 Å². The zero-order valence-corrected chi connectivity index (χ0v) is 11.6. The van der Waals surface area contributed by atoms with Crippen LogP contribution in [-0.2, 0) is 0 Å². The Morgan fingerprint density at radius 2 is 2.00 bits per heavy atom. The predicted molar refractivity (Wildman–Crippen MR) is 82.2 cm³/mol. The highest BCUT2D eigenvalue weighted by molar-refractivity contribution is 7.13. The molecule has 0 radical (unpaired) electrons. The Hall–Kier alpha value is -2.07. The summed E-state index contributed by atoms with van der Waals surface area (Å²) in [6.07, 6.45) is 0. The molecular formula is C15H14N2OS. The highest BCUT2D eigenvalue weighted by Crippen LogP contribution is 2.25. The summed E-state index contributed by atoms with van der Waals surface area (Å²) in [6.45, 7) is 0. The molecule has 0 fully saturated rings. The first-order chi connectivity index (χ1) is 9.15. The van der Waals surface area contributed by atoms with E-state index < -0.39 is 0 Å². The van der Waals surface area contributed by atoms with Gasteiger partial charge < -0.3 is 9.88 Å². The first kappa shape index (κ1) is 12.0. The van der Waals surface area contributed by atoms with Crippen molar-refractivity contribution in [3.8, 4) is 10.6 Å². The average Bonchev–Trinajstić information content (AvgIpc) is 2.92. The Balaban J connectivity index is 2.23.